The number of aliphatic imine (C=N–C) groups is 1. The predicted octanol–water partition coefficient (Wildman–Crippen LogP) is 3.53. The lowest BCUT2D eigenvalue weighted by Crippen LogP contribution is -2.45. The summed E-state index contributed by atoms with van der Waals surface area (Å²) in [5.74, 6) is 1.42. The standard InChI is InChI=1S/C17H27ClN4.HI/c1-4-20-17(19-2)21-12-14-8-6-10-22(3)16(14)13-7-5-9-15(18)11-13;/h5,7,9,11,14,16H,4,6,8,10,12H2,1-3H3,(H2,19,20,21);1H. The predicted molar refractivity (Wildman–Crippen MR) is 110 cm³/mol. The molecule has 2 rings (SSSR count). The van der Waals surface area contributed by atoms with E-state index in [-0.39, 0.29) is 24.0 Å². The maximum absolute atomic E-state index is 6.19. The third kappa shape index (κ3) is 5.80. The van der Waals surface area contributed by atoms with Crippen molar-refractivity contribution in [3.8, 4) is 0 Å². The molecule has 1 saturated heterocycles. The second-order valence-electron chi connectivity index (χ2n) is 5.87. The van der Waals surface area contributed by atoms with Crippen molar-refractivity contribution in [3.05, 3.63) is 34.9 Å². The third-order valence-electron chi connectivity index (χ3n) is 4.30. The fourth-order valence-electron chi connectivity index (χ4n) is 3.31. The number of hydrogen-bond acceptors (Lipinski definition) is 2. The van der Waals surface area contributed by atoms with E-state index in [1.54, 1.807) is 0 Å². The van der Waals surface area contributed by atoms with Crippen LogP contribution in [0.15, 0.2) is 29.3 Å². The van der Waals surface area contributed by atoms with E-state index in [9.17, 15) is 0 Å². The molecule has 130 valence electrons. The van der Waals surface area contributed by atoms with Crippen LogP contribution in [0.2, 0.25) is 5.02 Å². The van der Waals surface area contributed by atoms with Crippen molar-refractivity contribution < 1.29 is 0 Å². The molecule has 1 aromatic carbocycles. The first-order valence-corrected chi connectivity index (χ1v) is 8.43. The summed E-state index contributed by atoms with van der Waals surface area (Å²) in [6.07, 6.45) is 2.46. The lowest BCUT2D eigenvalue weighted by Gasteiger charge is -2.40. The van der Waals surface area contributed by atoms with Gasteiger partial charge in [-0.05, 0) is 57.0 Å². The first-order valence-electron chi connectivity index (χ1n) is 8.06. The fraction of sp³-hybridized carbons (Fsp3) is 0.588. The lowest BCUT2D eigenvalue weighted by molar-refractivity contribution is 0.122. The van der Waals surface area contributed by atoms with Crippen LogP contribution >= 0.6 is 35.6 Å². The van der Waals surface area contributed by atoms with Crippen LogP contribution in [0.5, 0.6) is 0 Å². The van der Waals surface area contributed by atoms with Crippen LogP contribution in [0.1, 0.15) is 31.4 Å². The van der Waals surface area contributed by atoms with Crippen LogP contribution in [0.25, 0.3) is 0 Å². The largest absolute Gasteiger partial charge is 0.357 e. The topological polar surface area (TPSA) is 39.7 Å². The lowest BCUT2D eigenvalue weighted by atomic mass is 9.85. The van der Waals surface area contributed by atoms with Gasteiger partial charge < -0.3 is 10.6 Å². The van der Waals surface area contributed by atoms with Gasteiger partial charge in [-0.2, -0.15) is 0 Å². The summed E-state index contributed by atoms with van der Waals surface area (Å²) in [4.78, 5) is 6.69. The van der Waals surface area contributed by atoms with Gasteiger partial charge in [0.15, 0.2) is 5.96 Å². The van der Waals surface area contributed by atoms with Gasteiger partial charge in [0.2, 0.25) is 0 Å². The van der Waals surface area contributed by atoms with Crippen LogP contribution in [0.4, 0.5) is 0 Å². The van der Waals surface area contributed by atoms with Crippen LogP contribution < -0.4 is 10.6 Å². The van der Waals surface area contributed by atoms with E-state index in [1.165, 1.54) is 18.4 Å². The molecule has 1 heterocycles. The molecule has 6 heteroatoms. The highest BCUT2D eigenvalue weighted by molar-refractivity contribution is 14.0. The van der Waals surface area contributed by atoms with Gasteiger partial charge in [-0.1, -0.05) is 23.7 Å². The normalized spacial score (nSPS) is 22.3. The van der Waals surface area contributed by atoms with Crippen LogP contribution in [0.3, 0.4) is 0 Å². The van der Waals surface area contributed by atoms with Crippen LogP contribution in [-0.2, 0) is 0 Å². The molecular formula is C17H28ClIN4. The van der Waals surface area contributed by atoms with Gasteiger partial charge in [-0.15, -0.1) is 24.0 Å². The van der Waals surface area contributed by atoms with Crippen molar-refractivity contribution in [2.75, 3.05) is 33.7 Å². The Kier molecular flexibility index (Phi) is 9.24. The molecule has 2 atom stereocenters. The SMILES string of the molecule is CCNC(=NC)NCC1CCCN(C)C1c1cccc(Cl)c1.I. The molecule has 0 aliphatic carbocycles. The Morgan fingerprint density at radius 1 is 1.39 bits per heavy atom. The Morgan fingerprint density at radius 3 is 2.83 bits per heavy atom. The Morgan fingerprint density at radius 2 is 2.17 bits per heavy atom. The van der Waals surface area contributed by atoms with Gasteiger partial charge in [-0.25, -0.2) is 0 Å². The summed E-state index contributed by atoms with van der Waals surface area (Å²) in [6, 6.07) is 8.67. The van der Waals surface area contributed by atoms with E-state index in [0.717, 1.165) is 30.6 Å². The molecule has 0 aromatic heterocycles. The summed E-state index contributed by atoms with van der Waals surface area (Å²) in [5, 5.41) is 7.52. The molecule has 1 fully saturated rings. The van der Waals surface area contributed by atoms with Gasteiger partial charge in [-0.3, -0.25) is 9.89 Å². The van der Waals surface area contributed by atoms with Crippen molar-refractivity contribution in [2.45, 2.75) is 25.8 Å². The maximum Gasteiger partial charge on any atom is 0.190 e. The van der Waals surface area contributed by atoms with E-state index in [2.05, 4.69) is 46.6 Å². The fourth-order valence-corrected chi connectivity index (χ4v) is 3.51. The number of nitrogens with one attached hydrogen (secondary N) is 2. The molecule has 2 unspecified atom stereocenters. The van der Waals surface area contributed by atoms with Gasteiger partial charge in [0.05, 0.1) is 0 Å². The summed E-state index contributed by atoms with van der Waals surface area (Å²) in [5.41, 5.74) is 1.31. The number of benzene rings is 1. The molecule has 0 spiro atoms. The first-order chi connectivity index (χ1) is 10.7. The van der Waals surface area contributed by atoms with Crippen molar-refractivity contribution in [1.82, 2.24) is 15.5 Å². The molecule has 1 aliphatic heterocycles. The van der Waals surface area contributed by atoms with Gasteiger partial charge in [0.25, 0.3) is 0 Å². The van der Waals surface area contributed by atoms with Crippen molar-refractivity contribution in [3.63, 3.8) is 0 Å². The molecule has 0 radical (unpaired) electrons. The Hall–Kier alpha value is -0.530. The molecule has 0 amide bonds. The summed E-state index contributed by atoms with van der Waals surface area (Å²) < 4.78 is 0. The second-order valence-corrected chi connectivity index (χ2v) is 6.30. The van der Waals surface area contributed by atoms with E-state index in [1.807, 2.05) is 19.2 Å². The van der Waals surface area contributed by atoms with Crippen molar-refractivity contribution >= 4 is 41.5 Å². The zero-order chi connectivity index (χ0) is 15.9. The number of piperidine rings is 1. The Balaban J connectivity index is 0.00000264. The average molecular weight is 451 g/mol. The number of rotatable bonds is 4. The van der Waals surface area contributed by atoms with Crippen LogP contribution in [-0.4, -0.2) is 44.6 Å². The zero-order valence-corrected chi connectivity index (χ0v) is 17.3. The molecule has 4 nitrogen and oxygen atoms in total. The summed E-state index contributed by atoms with van der Waals surface area (Å²) in [6.45, 7) is 5.01. The summed E-state index contributed by atoms with van der Waals surface area (Å²) in [7, 11) is 4.02. The number of hydrogen-bond donors (Lipinski definition) is 2. The highest BCUT2D eigenvalue weighted by Crippen LogP contribution is 2.35. The minimum Gasteiger partial charge on any atom is -0.357 e. The second kappa shape index (κ2) is 10.4. The highest BCUT2D eigenvalue weighted by Gasteiger charge is 2.30. The smallest absolute Gasteiger partial charge is 0.190 e. The van der Waals surface area contributed by atoms with Crippen molar-refractivity contribution in [1.29, 1.82) is 0 Å². The zero-order valence-electron chi connectivity index (χ0n) is 14.2. The molecule has 1 aromatic rings. The molecule has 2 N–H and O–H groups in total. The molecule has 1 aliphatic rings. The van der Waals surface area contributed by atoms with Gasteiger partial charge in [0, 0.05) is 31.2 Å². The Bertz CT molecular complexity index is 509. The minimum atomic E-state index is 0. The molecule has 0 bridgehead atoms. The highest BCUT2D eigenvalue weighted by atomic mass is 127. The minimum absolute atomic E-state index is 0. The van der Waals surface area contributed by atoms with E-state index in [0.29, 0.717) is 12.0 Å². The quantitative estimate of drug-likeness (QED) is 0.419. The summed E-state index contributed by atoms with van der Waals surface area (Å²) >= 11 is 6.19. The number of nitrogens with zero attached hydrogens (tertiary/aromatic N) is 2. The third-order valence-corrected chi connectivity index (χ3v) is 4.53. The van der Waals surface area contributed by atoms with E-state index in [4.69, 9.17) is 11.6 Å². The monoisotopic (exact) mass is 450 g/mol. The van der Waals surface area contributed by atoms with E-state index < -0.39 is 0 Å². The molecule has 0 saturated carbocycles. The molecule has 23 heavy (non-hydrogen) atoms. The van der Waals surface area contributed by atoms with Gasteiger partial charge >= 0.3 is 0 Å². The van der Waals surface area contributed by atoms with Crippen molar-refractivity contribution in [2.24, 2.45) is 10.9 Å². The van der Waals surface area contributed by atoms with Crippen LogP contribution in [0, 0.1) is 5.92 Å². The van der Waals surface area contributed by atoms with Gasteiger partial charge in [0.1, 0.15) is 0 Å². The Labute approximate surface area is 162 Å². The average Bonchev–Trinajstić information content (AvgIpc) is 2.51. The number of halogens is 2. The molecular weight excluding hydrogens is 423 g/mol. The number of likely N-dealkylation sites (tertiary alicyclic amines) is 1. The maximum atomic E-state index is 6.19. The first kappa shape index (κ1) is 20.5. The number of guanidine groups is 1. The van der Waals surface area contributed by atoms with E-state index >= 15 is 0 Å².